The van der Waals surface area contributed by atoms with Crippen LogP contribution in [0.15, 0.2) is 24.3 Å². The van der Waals surface area contributed by atoms with Gasteiger partial charge in [-0.15, -0.1) is 0 Å². The van der Waals surface area contributed by atoms with Crippen LogP contribution in [-0.2, 0) is 14.3 Å². The minimum absolute atomic E-state index is 0.164. The smallest absolute Gasteiger partial charge is 0.344 e. The summed E-state index contributed by atoms with van der Waals surface area (Å²) >= 11 is 0. The molecule has 0 radical (unpaired) electrons. The van der Waals surface area contributed by atoms with Gasteiger partial charge in [-0.05, 0) is 31.9 Å². The van der Waals surface area contributed by atoms with E-state index in [1.165, 1.54) is 19.1 Å². The van der Waals surface area contributed by atoms with Gasteiger partial charge in [0, 0.05) is 6.04 Å². The molecular weight excluding hydrogens is 312 g/mol. The molecule has 130 valence electrons. The summed E-state index contributed by atoms with van der Waals surface area (Å²) in [6, 6.07) is 6.49. The first-order valence-electron chi connectivity index (χ1n) is 7.99. The number of hydrogen-bond donors (Lipinski definition) is 2. The van der Waals surface area contributed by atoms with Gasteiger partial charge < -0.3 is 20.5 Å². The van der Waals surface area contributed by atoms with Gasteiger partial charge in [-0.2, -0.15) is 0 Å². The van der Waals surface area contributed by atoms with Gasteiger partial charge in [-0.1, -0.05) is 25.0 Å². The van der Waals surface area contributed by atoms with Crippen LogP contribution in [0, 0.1) is 0 Å². The van der Waals surface area contributed by atoms with Gasteiger partial charge in [0.2, 0.25) is 0 Å². The van der Waals surface area contributed by atoms with Gasteiger partial charge in [0.25, 0.3) is 11.8 Å². The topological polar surface area (TPSA) is 108 Å². The lowest BCUT2D eigenvalue weighted by Gasteiger charge is -2.17. The number of carbonyl (C=O) groups is 3. The van der Waals surface area contributed by atoms with Crippen LogP contribution in [0.3, 0.4) is 0 Å². The summed E-state index contributed by atoms with van der Waals surface area (Å²) in [7, 11) is 0. The van der Waals surface area contributed by atoms with E-state index < -0.39 is 24.6 Å². The quantitative estimate of drug-likeness (QED) is 0.727. The zero-order chi connectivity index (χ0) is 17.5. The van der Waals surface area contributed by atoms with E-state index >= 15 is 0 Å². The number of ether oxygens (including phenoxy) is 2. The Morgan fingerprint density at radius 1 is 1.25 bits per heavy atom. The average Bonchev–Trinajstić information content (AvgIpc) is 3.06. The van der Waals surface area contributed by atoms with Crippen molar-refractivity contribution < 1.29 is 23.9 Å². The van der Waals surface area contributed by atoms with Crippen LogP contribution in [0.1, 0.15) is 43.0 Å². The number of benzene rings is 1. The Morgan fingerprint density at radius 3 is 2.58 bits per heavy atom. The molecule has 0 heterocycles. The maximum atomic E-state index is 12.0. The van der Waals surface area contributed by atoms with E-state index in [-0.39, 0.29) is 23.3 Å². The Labute approximate surface area is 140 Å². The molecule has 0 bridgehead atoms. The molecule has 1 aromatic carbocycles. The van der Waals surface area contributed by atoms with Gasteiger partial charge in [0.15, 0.2) is 12.7 Å². The van der Waals surface area contributed by atoms with Crippen molar-refractivity contribution in [2.75, 3.05) is 6.61 Å². The van der Waals surface area contributed by atoms with E-state index in [9.17, 15) is 14.4 Å². The highest BCUT2D eigenvalue weighted by atomic mass is 16.6. The Hall–Kier alpha value is -2.57. The van der Waals surface area contributed by atoms with Gasteiger partial charge in [-0.25, -0.2) is 4.79 Å². The number of hydrogen-bond acceptors (Lipinski definition) is 5. The van der Waals surface area contributed by atoms with Crippen molar-refractivity contribution in [3.8, 4) is 5.75 Å². The van der Waals surface area contributed by atoms with E-state index in [1.807, 2.05) is 0 Å². The highest BCUT2D eigenvalue weighted by Crippen LogP contribution is 2.18. The van der Waals surface area contributed by atoms with Crippen molar-refractivity contribution in [3.05, 3.63) is 29.8 Å². The number of carbonyl (C=O) groups excluding carboxylic acids is 3. The lowest BCUT2D eigenvalue weighted by atomic mass is 10.2. The molecule has 3 N–H and O–H groups in total. The number of amides is 2. The second-order valence-electron chi connectivity index (χ2n) is 5.77. The summed E-state index contributed by atoms with van der Waals surface area (Å²) in [5.74, 6) is -1.45. The predicted octanol–water partition coefficient (Wildman–Crippen LogP) is 1.15. The fraction of sp³-hybridized carbons (Fsp3) is 0.471. The number of primary amides is 1. The molecule has 2 amide bonds. The van der Waals surface area contributed by atoms with Crippen molar-refractivity contribution in [1.29, 1.82) is 0 Å². The number of nitrogens with two attached hydrogens (primary N) is 1. The normalized spacial score (nSPS) is 15.5. The first-order valence-corrected chi connectivity index (χ1v) is 7.99. The standard InChI is InChI=1S/C17H22N2O5/c1-11(17(22)19-12-6-2-3-7-12)24-15(20)10-23-14-9-5-4-8-13(14)16(18)21/h4-5,8-9,11-12H,2-3,6-7,10H2,1H3,(H2,18,21)(H,19,22)/t11-/m0/s1. The van der Waals surface area contributed by atoms with Crippen LogP contribution in [0.5, 0.6) is 5.75 Å². The Kier molecular flexibility index (Phi) is 6.17. The molecule has 1 aliphatic rings. The van der Waals surface area contributed by atoms with Crippen LogP contribution >= 0.6 is 0 Å². The molecular formula is C17H22N2O5. The largest absolute Gasteiger partial charge is 0.481 e. The molecule has 1 atom stereocenters. The summed E-state index contributed by atoms with van der Waals surface area (Å²) in [6.45, 7) is 1.10. The maximum Gasteiger partial charge on any atom is 0.344 e. The highest BCUT2D eigenvalue weighted by Gasteiger charge is 2.23. The zero-order valence-corrected chi connectivity index (χ0v) is 13.6. The van der Waals surface area contributed by atoms with E-state index in [1.54, 1.807) is 12.1 Å². The van der Waals surface area contributed by atoms with Gasteiger partial charge in [0.1, 0.15) is 5.75 Å². The molecule has 1 saturated carbocycles. The molecule has 0 aromatic heterocycles. The summed E-state index contributed by atoms with van der Waals surface area (Å²) in [6.07, 6.45) is 3.23. The average molecular weight is 334 g/mol. The van der Waals surface area contributed by atoms with E-state index in [2.05, 4.69) is 5.32 Å². The lowest BCUT2D eigenvalue weighted by molar-refractivity contribution is -0.156. The Morgan fingerprint density at radius 2 is 1.92 bits per heavy atom. The van der Waals surface area contributed by atoms with Crippen LogP contribution < -0.4 is 15.8 Å². The molecule has 7 heteroatoms. The minimum Gasteiger partial charge on any atom is -0.481 e. The third-order valence-electron chi connectivity index (χ3n) is 3.88. The van der Waals surface area contributed by atoms with Crippen molar-refractivity contribution in [1.82, 2.24) is 5.32 Å². The fourth-order valence-corrected chi connectivity index (χ4v) is 2.61. The molecule has 7 nitrogen and oxygen atoms in total. The summed E-state index contributed by atoms with van der Waals surface area (Å²) in [4.78, 5) is 35.0. The monoisotopic (exact) mass is 334 g/mol. The predicted molar refractivity (Wildman–Crippen MR) is 86.4 cm³/mol. The molecule has 2 rings (SSSR count). The minimum atomic E-state index is -0.895. The second-order valence-corrected chi connectivity index (χ2v) is 5.77. The van der Waals surface area contributed by atoms with E-state index in [4.69, 9.17) is 15.2 Å². The van der Waals surface area contributed by atoms with Crippen LogP contribution in [0.25, 0.3) is 0 Å². The van der Waals surface area contributed by atoms with Crippen molar-refractivity contribution in [2.24, 2.45) is 5.73 Å². The molecule has 0 aliphatic heterocycles. The Bertz CT molecular complexity index is 611. The number of para-hydroxylation sites is 1. The van der Waals surface area contributed by atoms with Crippen LogP contribution in [-0.4, -0.2) is 36.5 Å². The van der Waals surface area contributed by atoms with E-state index in [0.29, 0.717) is 0 Å². The first-order chi connectivity index (χ1) is 11.5. The molecule has 1 aromatic rings. The zero-order valence-electron chi connectivity index (χ0n) is 13.6. The molecule has 24 heavy (non-hydrogen) atoms. The summed E-state index contributed by atoms with van der Waals surface area (Å²) in [5, 5.41) is 2.86. The summed E-state index contributed by atoms with van der Waals surface area (Å²) < 4.78 is 10.3. The molecule has 1 fully saturated rings. The third kappa shape index (κ3) is 4.97. The van der Waals surface area contributed by atoms with Gasteiger partial charge in [-0.3, -0.25) is 9.59 Å². The third-order valence-corrected chi connectivity index (χ3v) is 3.88. The number of rotatable bonds is 7. The van der Waals surface area contributed by atoms with Crippen LogP contribution in [0.4, 0.5) is 0 Å². The molecule has 0 spiro atoms. The van der Waals surface area contributed by atoms with Gasteiger partial charge in [0.05, 0.1) is 5.56 Å². The van der Waals surface area contributed by atoms with Gasteiger partial charge >= 0.3 is 5.97 Å². The number of nitrogens with one attached hydrogen (secondary N) is 1. The van der Waals surface area contributed by atoms with Crippen molar-refractivity contribution >= 4 is 17.8 Å². The van der Waals surface area contributed by atoms with Crippen molar-refractivity contribution in [3.63, 3.8) is 0 Å². The number of esters is 1. The SMILES string of the molecule is C[C@H](OC(=O)COc1ccccc1C(N)=O)C(=O)NC1CCCC1. The maximum absolute atomic E-state index is 12.0. The van der Waals surface area contributed by atoms with Crippen LogP contribution in [0.2, 0.25) is 0 Å². The Balaban J connectivity index is 1.80. The summed E-state index contributed by atoms with van der Waals surface area (Å²) in [5.41, 5.74) is 5.41. The van der Waals surface area contributed by atoms with E-state index in [0.717, 1.165) is 25.7 Å². The molecule has 0 saturated heterocycles. The lowest BCUT2D eigenvalue weighted by Crippen LogP contribution is -2.41. The van der Waals surface area contributed by atoms with Crippen molar-refractivity contribution in [2.45, 2.75) is 44.8 Å². The second kappa shape index (κ2) is 8.33. The molecule has 0 unspecified atom stereocenters. The first kappa shape index (κ1) is 17.8. The fourth-order valence-electron chi connectivity index (χ4n) is 2.61. The molecule has 1 aliphatic carbocycles. The highest BCUT2D eigenvalue weighted by molar-refractivity contribution is 5.95.